The highest BCUT2D eigenvalue weighted by Crippen LogP contribution is 2.34. The number of hydrogen-bond donors (Lipinski definition) is 1. The van der Waals surface area contributed by atoms with E-state index >= 15 is 0 Å². The van der Waals surface area contributed by atoms with Crippen molar-refractivity contribution in [3.8, 4) is 5.75 Å². The molecular weight excluding hydrogens is 240 g/mol. The molecule has 1 N–H and O–H groups in total. The fourth-order valence-corrected chi connectivity index (χ4v) is 2.12. The molecule has 92 valence electrons. The molecule has 0 fully saturated rings. The molecule has 0 saturated carbocycles. The number of benzene rings is 1. The highest BCUT2D eigenvalue weighted by Gasteiger charge is 2.27. The smallest absolute Gasteiger partial charge is 0.265 e. The van der Waals surface area contributed by atoms with Crippen molar-refractivity contribution in [2.24, 2.45) is 0 Å². The summed E-state index contributed by atoms with van der Waals surface area (Å²) in [7, 11) is 0. The van der Waals surface area contributed by atoms with Gasteiger partial charge in [0.1, 0.15) is 5.75 Å². The van der Waals surface area contributed by atoms with Crippen molar-refractivity contribution in [2.75, 3.05) is 11.5 Å². The number of rotatable bonds is 3. The zero-order valence-corrected chi connectivity index (χ0v) is 10.6. The van der Waals surface area contributed by atoms with Crippen LogP contribution in [-0.4, -0.2) is 18.6 Å². The summed E-state index contributed by atoms with van der Waals surface area (Å²) < 4.78 is 5.40. The van der Waals surface area contributed by atoms with Crippen LogP contribution in [0.3, 0.4) is 0 Å². The Morgan fingerprint density at radius 3 is 2.94 bits per heavy atom. The molecule has 1 aliphatic rings. The van der Waals surface area contributed by atoms with E-state index in [2.05, 4.69) is 4.84 Å². The molecule has 0 aromatic heterocycles. The fourth-order valence-electron chi connectivity index (χ4n) is 1.97. The zero-order valence-electron chi connectivity index (χ0n) is 9.87. The van der Waals surface area contributed by atoms with E-state index in [9.17, 15) is 4.79 Å². The molecule has 2 rings (SSSR count). The first-order valence-electron chi connectivity index (χ1n) is 5.54. The number of nitrogens with one attached hydrogen (secondary N) is 1. The third-order valence-electron chi connectivity index (χ3n) is 2.69. The standard InChI is InChI=1S/C12H15ClN2O2/c1-8(2)15-10-5-9(6-14-13)3-4-11(10)17-7-12(15)16/h3-5,8,14H,6-7H2,1-2H3. The molecule has 0 atom stereocenters. The summed E-state index contributed by atoms with van der Waals surface area (Å²) in [6, 6.07) is 5.86. The van der Waals surface area contributed by atoms with Gasteiger partial charge in [-0.3, -0.25) is 4.79 Å². The maximum Gasteiger partial charge on any atom is 0.265 e. The van der Waals surface area contributed by atoms with Crippen LogP contribution in [0.25, 0.3) is 0 Å². The quantitative estimate of drug-likeness (QED) is 0.840. The van der Waals surface area contributed by atoms with Gasteiger partial charge in [0, 0.05) is 12.6 Å². The summed E-state index contributed by atoms with van der Waals surface area (Å²) in [4.78, 5) is 16.2. The Labute approximate surface area is 106 Å². The van der Waals surface area contributed by atoms with Gasteiger partial charge >= 0.3 is 0 Å². The summed E-state index contributed by atoms with van der Waals surface area (Å²) in [6.07, 6.45) is 0. The van der Waals surface area contributed by atoms with Gasteiger partial charge in [0.25, 0.3) is 5.91 Å². The van der Waals surface area contributed by atoms with Gasteiger partial charge in [-0.2, -0.15) is 0 Å². The number of halogens is 1. The number of ether oxygens (including phenoxy) is 1. The minimum Gasteiger partial charge on any atom is -0.482 e. The summed E-state index contributed by atoms with van der Waals surface area (Å²) in [5.74, 6) is 0.736. The maximum absolute atomic E-state index is 11.8. The highest BCUT2D eigenvalue weighted by molar-refractivity contribution is 6.13. The third-order valence-corrected chi connectivity index (χ3v) is 2.82. The Kier molecular flexibility index (Phi) is 3.54. The molecule has 1 amide bonds. The van der Waals surface area contributed by atoms with Gasteiger partial charge in [0.15, 0.2) is 6.61 Å². The molecule has 0 bridgehead atoms. The lowest BCUT2D eigenvalue weighted by Gasteiger charge is -2.32. The molecule has 0 spiro atoms. The van der Waals surface area contributed by atoms with Crippen LogP contribution >= 0.6 is 11.8 Å². The van der Waals surface area contributed by atoms with E-state index < -0.39 is 0 Å². The molecule has 0 aliphatic carbocycles. The van der Waals surface area contributed by atoms with Crippen molar-refractivity contribution in [3.63, 3.8) is 0 Å². The van der Waals surface area contributed by atoms with E-state index in [0.29, 0.717) is 6.54 Å². The third kappa shape index (κ3) is 2.37. The summed E-state index contributed by atoms with van der Waals surface area (Å²) >= 11 is 5.49. The second-order valence-corrected chi connectivity index (χ2v) is 4.53. The number of amides is 1. The van der Waals surface area contributed by atoms with E-state index in [0.717, 1.165) is 17.0 Å². The van der Waals surface area contributed by atoms with Gasteiger partial charge in [0.05, 0.1) is 5.69 Å². The predicted molar refractivity (Wildman–Crippen MR) is 67.3 cm³/mol. The summed E-state index contributed by atoms with van der Waals surface area (Å²) in [6.45, 7) is 4.63. The molecule has 1 heterocycles. The van der Waals surface area contributed by atoms with Crippen LogP contribution in [0.2, 0.25) is 0 Å². The van der Waals surface area contributed by atoms with Crippen LogP contribution < -0.4 is 14.5 Å². The van der Waals surface area contributed by atoms with Gasteiger partial charge in [-0.25, -0.2) is 4.84 Å². The van der Waals surface area contributed by atoms with Crippen LogP contribution in [0.15, 0.2) is 18.2 Å². The van der Waals surface area contributed by atoms with Crippen LogP contribution in [0.1, 0.15) is 19.4 Å². The number of carbonyl (C=O) groups is 1. The van der Waals surface area contributed by atoms with Crippen molar-refractivity contribution in [1.82, 2.24) is 4.84 Å². The lowest BCUT2D eigenvalue weighted by molar-refractivity contribution is -0.121. The van der Waals surface area contributed by atoms with E-state index in [1.807, 2.05) is 32.0 Å². The Hall–Kier alpha value is -1.26. The minimum atomic E-state index is -0.0107. The second kappa shape index (κ2) is 4.94. The van der Waals surface area contributed by atoms with Gasteiger partial charge in [-0.15, -0.1) is 0 Å². The Balaban J connectivity index is 2.41. The fraction of sp³-hybridized carbons (Fsp3) is 0.417. The molecule has 1 aromatic rings. The van der Waals surface area contributed by atoms with Crippen molar-refractivity contribution >= 4 is 23.4 Å². The topological polar surface area (TPSA) is 41.6 Å². The van der Waals surface area contributed by atoms with E-state index in [4.69, 9.17) is 16.5 Å². The van der Waals surface area contributed by atoms with Crippen molar-refractivity contribution < 1.29 is 9.53 Å². The number of hydrogen-bond acceptors (Lipinski definition) is 3. The number of nitrogens with zero attached hydrogens (tertiary/aromatic N) is 1. The average Bonchev–Trinajstić information content (AvgIpc) is 2.28. The lowest BCUT2D eigenvalue weighted by atomic mass is 10.1. The summed E-state index contributed by atoms with van der Waals surface area (Å²) in [5.41, 5.74) is 1.84. The number of anilines is 1. The molecule has 17 heavy (non-hydrogen) atoms. The van der Waals surface area contributed by atoms with Gasteiger partial charge in [-0.1, -0.05) is 6.07 Å². The monoisotopic (exact) mass is 254 g/mol. The Morgan fingerprint density at radius 1 is 1.53 bits per heavy atom. The van der Waals surface area contributed by atoms with E-state index in [1.54, 1.807) is 4.90 Å². The van der Waals surface area contributed by atoms with Crippen molar-refractivity contribution in [3.05, 3.63) is 23.8 Å². The largest absolute Gasteiger partial charge is 0.482 e. The van der Waals surface area contributed by atoms with Crippen LogP contribution in [0, 0.1) is 0 Å². The lowest BCUT2D eigenvalue weighted by Crippen LogP contribution is -2.43. The molecule has 0 unspecified atom stereocenters. The maximum atomic E-state index is 11.8. The molecule has 0 saturated heterocycles. The van der Waals surface area contributed by atoms with Crippen molar-refractivity contribution in [1.29, 1.82) is 0 Å². The molecule has 0 radical (unpaired) electrons. The Bertz CT molecular complexity index is 435. The first-order valence-corrected chi connectivity index (χ1v) is 5.92. The first kappa shape index (κ1) is 12.2. The van der Waals surface area contributed by atoms with E-state index in [1.165, 1.54) is 0 Å². The minimum absolute atomic E-state index is 0.0107. The predicted octanol–water partition coefficient (Wildman–Crippen LogP) is 2.06. The van der Waals surface area contributed by atoms with Crippen molar-refractivity contribution in [2.45, 2.75) is 26.4 Å². The molecular formula is C12H15ClN2O2. The SMILES string of the molecule is CC(C)N1C(=O)COc2ccc(CNCl)cc21. The molecule has 1 aromatic carbocycles. The molecule has 1 aliphatic heterocycles. The van der Waals surface area contributed by atoms with E-state index in [-0.39, 0.29) is 18.6 Å². The number of carbonyl (C=O) groups excluding carboxylic acids is 1. The van der Waals surface area contributed by atoms with Crippen LogP contribution in [0.4, 0.5) is 5.69 Å². The second-order valence-electron chi connectivity index (χ2n) is 4.26. The summed E-state index contributed by atoms with van der Waals surface area (Å²) in [5, 5.41) is 0. The van der Waals surface area contributed by atoms with Gasteiger partial charge in [0.2, 0.25) is 0 Å². The van der Waals surface area contributed by atoms with Gasteiger partial charge in [-0.05, 0) is 43.3 Å². The highest BCUT2D eigenvalue weighted by atomic mass is 35.5. The first-order chi connectivity index (χ1) is 8.13. The number of fused-ring (bicyclic) bond motifs is 1. The zero-order chi connectivity index (χ0) is 12.4. The average molecular weight is 255 g/mol. The van der Waals surface area contributed by atoms with Crippen LogP contribution in [-0.2, 0) is 11.3 Å². The van der Waals surface area contributed by atoms with Gasteiger partial charge < -0.3 is 9.64 Å². The molecule has 4 nitrogen and oxygen atoms in total. The molecule has 5 heteroatoms. The normalized spacial score (nSPS) is 14.8. The Morgan fingerprint density at radius 2 is 2.29 bits per heavy atom. The van der Waals surface area contributed by atoms with Crippen LogP contribution in [0.5, 0.6) is 5.75 Å².